The average molecular weight is 249 g/mol. The summed E-state index contributed by atoms with van der Waals surface area (Å²) in [4.78, 5) is 14.6. The summed E-state index contributed by atoms with van der Waals surface area (Å²) in [5.41, 5.74) is 1.12. The van der Waals surface area contributed by atoms with E-state index in [1.807, 2.05) is 24.3 Å². The zero-order valence-electron chi connectivity index (χ0n) is 10.1. The molecule has 0 bridgehead atoms. The predicted octanol–water partition coefficient (Wildman–Crippen LogP) is 1.51. The number of ether oxygens (including phenoxy) is 2. The van der Waals surface area contributed by atoms with Crippen LogP contribution in [-0.4, -0.2) is 36.7 Å². The van der Waals surface area contributed by atoms with Gasteiger partial charge in [0.1, 0.15) is 18.3 Å². The van der Waals surface area contributed by atoms with Gasteiger partial charge in [-0.3, -0.25) is 9.79 Å². The summed E-state index contributed by atoms with van der Waals surface area (Å²) in [6.07, 6.45) is 0.517. The molecule has 0 saturated carbocycles. The zero-order valence-corrected chi connectivity index (χ0v) is 10.1. The maximum atomic E-state index is 10.5. The fourth-order valence-electron chi connectivity index (χ4n) is 1.83. The molecule has 1 aliphatic rings. The Morgan fingerprint density at radius 2 is 2.22 bits per heavy atom. The second-order valence-corrected chi connectivity index (χ2v) is 4.10. The van der Waals surface area contributed by atoms with Gasteiger partial charge >= 0.3 is 5.97 Å². The third kappa shape index (κ3) is 3.23. The Hall–Kier alpha value is -2.04. The van der Waals surface area contributed by atoms with Gasteiger partial charge in [0.15, 0.2) is 5.90 Å². The van der Waals surface area contributed by atoms with Gasteiger partial charge in [-0.15, -0.1) is 0 Å². The highest BCUT2D eigenvalue weighted by molar-refractivity contribution is 5.94. The number of benzene rings is 1. The lowest BCUT2D eigenvalue weighted by molar-refractivity contribution is -0.135. The number of aliphatic imine (C=N–C) groups is 1. The maximum Gasteiger partial charge on any atom is 0.312 e. The normalized spacial score (nSPS) is 18.1. The van der Waals surface area contributed by atoms with E-state index >= 15 is 0 Å². The van der Waals surface area contributed by atoms with Crippen molar-refractivity contribution in [3.8, 4) is 5.75 Å². The van der Waals surface area contributed by atoms with Crippen LogP contribution >= 0.6 is 0 Å². The highest BCUT2D eigenvalue weighted by Gasteiger charge is 2.21. The van der Waals surface area contributed by atoms with E-state index in [0.29, 0.717) is 12.4 Å². The smallest absolute Gasteiger partial charge is 0.312 e. The van der Waals surface area contributed by atoms with Gasteiger partial charge in [-0.25, -0.2) is 0 Å². The van der Waals surface area contributed by atoms with E-state index in [0.717, 1.165) is 17.7 Å². The molecule has 1 unspecified atom stereocenters. The van der Waals surface area contributed by atoms with E-state index in [1.54, 1.807) is 7.11 Å². The first-order chi connectivity index (χ1) is 8.67. The van der Waals surface area contributed by atoms with Crippen LogP contribution in [0.3, 0.4) is 0 Å². The van der Waals surface area contributed by atoms with Gasteiger partial charge in [-0.05, 0) is 17.7 Å². The van der Waals surface area contributed by atoms with Gasteiger partial charge in [0, 0.05) is 6.42 Å². The predicted molar refractivity (Wildman–Crippen MR) is 66.1 cm³/mol. The number of carbonyl (C=O) groups is 1. The van der Waals surface area contributed by atoms with Crippen LogP contribution in [0.1, 0.15) is 12.0 Å². The number of aliphatic carboxylic acids is 1. The van der Waals surface area contributed by atoms with Crippen molar-refractivity contribution in [3.05, 3.63) is 29.8 Å². The van der Waals surface area contributed by atoms with Gasteiger partial charge < -0.3 is 14.6 Å². The Morgan fingerprint density at radius 3 is 2.83 bits per heavy atom. The third-order valence-electron chi connectivity index (χ3n) is 2.70. The first kappa shape index (κ1) is 12.4. The van der Waals surface area contributed by atoms with Crippen molar-refractivity contribution in [1.29, 1.82) is 0 Å². The number of nitrogens with zero attached hydrogens (tertiary/aromatic N) is 1. The van der Waals surface area contributed by atoms with Crippen molar-refractivity contribution < 1.29 is 19.4 Å². The minimum Gasteiger partial charge on any atom is -0.497 e. The molecule has 5 heteroatoms. The highest BCUT2D eigenvalue weighted by atomic mass is 16.5. The number of carboxylic acid groups (broad SMARTS) is 1. The molecular weight excluding hydrogens is 234 g/mol. The average Bonchev–Trinajstić information content (AvgIpc) is 2.76. The molecule has 0 fully saturated rings. The summed E-state index contributed by atoms with van der Waals surface area (Å²) in [6.45, 7) is 0.522. The van der Waals surface area contributed by atoms with E-state index in [9.17, 15) is 4.79 Å². The molecule has 0 saturated heterocycles. The minimum absolute atomic E-state index is 0.0623. The standard InChI is InChI=1S/C13H15NO4/c1-17-10-4-2-9(3-5-10)6-11-8-14-12(18-11)7-13(15)16/h2-5,11H,6-8H2,1H3,(H,15,16). The van der Waals surface area contributed by atoms with Crippen LogP contribution in [0.2, 0.25) is 0 Å². The van der Waals surface area contributed by atoms with Gasteiger partial charge in [0.05, 0.1) is 13.7 Å². The molecule has 0 amide bonds. The van der Waals surface area contributed by atoms with Crippen molar-refractivity contribution in [1.82, 2.24) is 0 Å². The molecule has 1 aromatic carbocycles. The molecule has 18 heavy (non-hydrogen) atoms. The Morgan fingerprint density at radius 1 is 1.50 bits per heavy atom. The van der Waals surface area contributed by atoms with Crippen LogP contribution in [0.15, 0.2) is 29.3 Å². The molecule has 1 aliphatic heterocycles. The third-order valence-corrected chi connectivity index (χ3v) is 2.70. The summed E-state index contributed by atoms with van der Waals surface area (Å²) in [5.74, 6) is 0.216. The second kappa shape index (κ2) is 5.53. The van der Waals surface area contributed by atoms with E-state index in [1.165, 1.54) is 0 Å². The largest absolute Gasteiger partial charge is 0.497 e. The van der Waals surface area contributed by atoms with Crippen LogP contribution < -0.4 is 4.74 Å². The lowest BCUT2D eigenvalue weighted by Gasteiger charge is -2.11. The zero-order chi connectivity index (χ0) is 13.0. The van der Waals surface area contributed by atoms with Crippen LogP contribution in [0.4, 0.5) is 0 Å². The van der Waals surface area contributed by atoms with Crippen molar-refractivity contribution >= 4 is 11.9 Å². The molecule has 96 valence electrons. The summed E-state index contributed by atoms with van der Waals surface area (Å²) in [6, 6.07) is 7.72. The molecule has 1 heterocycles. The van der Waals surface area contributed by atoms with E-state index in [4.69, 9.17) is 14.6 Å². The monoisotopic (exact) mass is 249 g/mol. The number of hydrogen-bond acceptors (Lipinski definition) is 4. The Bertz CT molecular complexity index is 453. The molecule has 1 atom stereocenters. The maximum absolute atomic E-state index is 10.5. The van der Waals surface area contributed by atoms with Crippen LogP contribution in [-0.2, 0) is 16.0 Å². The minimum atomic E-state index is -0.918. The number of methoxy groups -OCH3 is 1. The van der Waals surface area contributed by atoms with Crippen molar-refractivity contribution in [3.63, 3.8) is 0 Å². The number of carboxylic acids is 1. The molecule has 5 nitrogen and oxygen atoms in total. The van der Waals surface area contributed by atoms with Crippen LogP contribution in [0.25, 0.3) is 0 Å². The van der Waals surface area contributed by atoms with Crippen molar-refractivity contribution in [2.24, 2.45) is 4.99 Å². The Balaban J connectivity index is 1.86. The van der Waals surface area contributed by atoms with E-state index in [-0.39, 0.29) is 12.5 Å². The van der Waals surface area contributed by atoms with Crippen LogP contribution in [0.5, 0.6) is 5.75 Å². The summed E-state index contributed by atoms with van der Waals surface area (Å²) in [7, 11) is 1.63. The molecule has 2 rings (SSSR count). The Kier molecular flexibility index (Phi) is 3.82. The van der Waals surface area contributed by atoms with E-state index < -0.39 is 5.97 Å². The molecule has 0 spiro atoms. The first-order valence-electron chi connectivity index (χ1n) is 5.72. The van der Waals surface area contributed by atoms with Crippen molar-refractivity contribution in [2.45, 2.75) is 18.9 Å². The summed E-state index contributed by atoms with van der Waals surface area (Å²) >= 11 is 0. The second-order valence-electron chi connectivity index (χ2n) is 4.10. The molecule has 0 aromatic heterocycles. The molecular formula is C13H15NO4. The summed E-state index contributed by atoms with van der Waals surface area (Å²) < 4.78 is 10.6. The van der Waals surface area contributed by atoms with Crippen LogP contribution in [0, 0.1) is 0 Å². The van der Waals surface area contributed by atoms with Gasteiger partial charge in [0.2, 0.25) is 0 Å². The molecule has 1 aromatic rings. The fraction of sp³-hybridized carbons (Fsp3) is 0.385. The lowest BCUT2D eigenvalue weighted by Crippen LogP contribution is -2.17. The molecule has 0 radical (unpaired) electrons. The number of rotatable bonds is 5. The van der Waals surface area contributed by atoms with Gasteiger partial charge in [-0.2, -0.15) is 0 Å². The van der Waals surface area contributed by atoms with Gasteiger partial charge in [0.25, 0.3) is 0 Å². The lowest BCUT2D eigenvalue weighted by atomic mass is 10.1. The van der Waals surface area contributed by atoms with E-state index in [2.05, 4.69) is 4.99 Å². The molecule has 1 N–H and O–H groups in total. The Labute approximate surface area is 105 Å². The highest BCUT2D eigenvalue weighted by Crippen LogP contribution is 2.16. The number of hydrogen-bond donors (Lipinski definition) is 1. The SMILES string of the molecule is COc1ccc(CC2CN=C(CC(=O)O)O2)cc1. The topological polar surface area (TPSA) is 68.1 Å². The quantitative estimate of drug-likeness (QED) is 0.858. The van der Waals surface area contributed by atoms with Crippen molar-refractivity contribution in [2.75, 3.05) is 13.7 Å². The summed E-state index contributed by atoms with van der Waals surface area (Å²) in [5, 5.41) is 8.63. The van der Waals surface area contributed by atoms with Gasteiger partial charge in [-0.1, -0.05) is 12.1 Å². The fourth-order valence-corrected chi connectivity index (χ4v) is 1.83. The molecule has 0 aliphatic carbocycles. The first-order valence-corrected chi connectivity index (χ1v) is 5.72.